The second-order valence-electron chi connectivity index (χ2n) is 4.89. The van der Waals surface area contributed by atoms with Crippen LogP contribution >= 0.6 is 23.2 Å². The van der Waals surface area contributed by atoms with Gasteiger partial charge < -0.3 is 15.4 Å². The maximum absolute atomic E-state index is 6.13. The number of nitrogens with one attached hydrogen (secondary N) is 2. The van der Waals surface area contributed by atoms with Crippen molar-refractivity contribution in [1.29, 1.82) is 0 Å². The molecule has 0 saturated heterocycles. The Balaban J connectivity index is 2.82. The molecule has 0 fully saturated rings. The van der Waals surface area contributed by atoms with Gasteiger partial charge in [-0.3, -0.25) is 0 Å². The number of anilines is 2. The molecule has 1 heterocycles. The van der Waals surface area contributed by atoms with E-state index in [0.717, 1.165) is 13.0 Å². The van der Waals surface area contributed by atoms with Crippen molar-refractivity contribution in [2.75, 3.05) is 30.8 Å². The number of aromatic nitrogens is 1. The summed E-state index contributed by atoms with van der Waals surface area (Å²) in [6.45, 7) is 7.47. The molecule has 2 N–H and O–H groups in total. The van der Waals surface area contributed by atoms with Crippen LogP contribution in [0.3, 0.4) is 0 Å². The summed E-state index contributed by atoms with van der Waals surface area (Å²) in [5.41, 5.74) is -0.290. The fraction of sp³-hybridized carbons (Fsp3) is 0.615. The Morgan fingerprint density at radius 2 is 1.79 bits per heavy atom. The number of ether oxygens (including phenoxy) is 1. The zero-order valence-electron chi connectivity index (χ0n) is 11.8. The van der Waals surface area contributed by atoms with E-state index >= 15 is 0 Å². The monoisotopic (exact) mass is 305 g/mol. The first-order valence-electron chi connectivity index (χ1n) is 6.28. The van der Waals surface area contributed by atoms with Crippen LogP contribution in [0.5, 0.6) is 0 Å². The van der Waals surface area contributed by atoms with Crippen molar-refractivity contribution in [2.45, 2.75) is 32.8 Å². The molecule has 4 nitrogen and oxygen atoms in total. The number of methoxy groups -OCH3 is 1. The molecule has 0 unspecified atom stereocenters. The Hall–Kier alpha value is -0.710. The average Bonchev–Trinajstić information content (AvgIpc) is 2.36. The number of hydrogen-bond donors (Lipinski definition) is 2. The van der Waals surface area contributed by atoms with Crippen LogP contribution < -0.4 is 10.6 Å². The van der Waals surface area contributed by atoms with Crippen LogP contribution in [0.15, 0.2) is 6.07 Å². The molecule has 0 aliphatic carbocycles. The largest absolute Gasteiger partial charge is 0.377 e. The zero-order chi connectivity index (χ0) is 14.5. The Kier molecular flexibility index (Phi) is 6.17. The van der Waals surface area contributed by atoms with Crippen molar-refractivity contribution in [1.82, 2.24) is 4.98 Å². The maximum Gasteiger partial charge on any atom is 0.147 e. The molecule has 108 valence electrons. The molecule has 1 aromatic rings. The third-order valence-corrected chi connectivity index (χ3v) is 3.28. The number of halogens is 2. The molecule has 0 aliphatic rings. The molecule has 0 saturated carbocycles. The number of nitrogens with zero attached hydrogens (tertiary/aromatic N) is 1. The van der Waals surface area contributed by atoms with Crippen LogP contribution in [0.25, 0.3) is 0 Å². The molecule has 0 atom stereocenters. The Labute approximate surface area is 124 Å². The van der Waals surface area contributed by atoms with E-state index < -0.39 is 0 Å². The van der Waals surface area contributed by atoms with Crippen molar-refractivity contribution in [3.05, 3.63) is 16.1 Å². The van der Waals surface area contributed by atoms with E-state index in [0.29, 0.717) is 28.2 Å². The number of hydrogen-bond acceptors (Lipinski definition) is 4. The van der Waals surface area contributed by atoms with Crippen LogP contribution in [0.4, 0.5) is 11.6 Å². The summed E-state index contributed by atoms with van der Waals surface area (Å²) in [5, 5.41) is 7.37. The fourth-order valence-corrected chi connectivity index (χ4v) is 1.82. The lowest BCUT2D eigenvalue weighted by atomic mass is 10.1. The first-order chi connectivity index (χ1) is 8.89. The minimum Gasteiger partial charge on any atom is -0.377 e. The van der Waals surface area contributed by atoms with Crippen LogP contribution in [-0.4, -0.2) is 30.8 Å². The minimum absolute atomic E-state index is 0.290. The third-order valence-electron chi connectivity index (χ3n) is 2.71. The quantitative estimate of drug-likeness (QED) is 0.798. The van der Waals surface area contributed by atoms with E-state index in [9.17, 15) is 0 Å². The Morgan fingerprint density at radius 3 is 2.32 bits per heavy atom. The summed E-state index contributed by atoms with van der Waals surface area (Å²) in [5.74, 6) is 1.25. The lowest BCUT2D eigenvalue weighted by Crippen LogP contribution is -2.32. The second kappa shape index (κ2) is 7.17. The van der Waals surface area contributed by atoms with Crippen LogP contribution in [0, 0.1) is 0 Å². The van der Waals surface area contributed by atoms with E-state index in [4.69, 9.17) is 27.9 Å². The van der Waals surface area contributed by atoms with E-state index in [1.807, 2.05) is 13.8 Å². The zero-order valence-corrected chi connectivity index (χ0v) is 13.3. The highest BCUT2D eigenvalue weighted by molar-refractivity contribution is 6.37. The predicted octanol–water partition coefficient (Wildman–Crippen LogP) is 4.05. The van der Waals surface area contributed by atoms with Crippen LogP contribution in [0.2, 0.25) is 10.0 Å². The van der Waals surface area contributed by atoms with Gasteiger partial charge in [0.1, 0.15) is 11.6 Å². The molecule has 0 aliphatic heterocycles. The van der Waals surface area contributed by atoms with Gasteiger partial charge in [0.05, 0.1) is 15.6 Å². The van der Waals surface area contributed by atoms with Crippen molar-refractivity contribution in [3.8, 4) is 0 Å². The predicted molar refractivity (Wildman–Crippen MR) is 82.6 cm³/mol. The first kappa shape index (κ1) is 16.3. The van der Waals surface area contributed by atoms with E-state index in [-0.39, 0.29) is 5.60 Å². The average molecular weight is 306 g/mol. The van der Waals surface area contributed by atoms with Crippen molar-refractivity contribution < 1.29 is 4.74 Å². The van der Waals surface area contributed by atoms with Gasteiger partial charge in [-0.25, -0.2) is 4.98 Å². The summed E-state index contributed by atoms with van der Waals surface area (Å²) < 4.78 is 5.34. The van der Waals surface area contributed by atoms with Gasteiger partial charge in [-0.2, -0.15) is 0 Å². The van der Waals surface area contributed by atoms with E-state index in [1.54, 1.807) is 13.2 Å². The molecule has 6 heteroatoms. The molecule has 1 rings (SSSR count). The topological polar surface area (TPSA) is 46.2 Å². The third kappa shape index (κ3) is 5.05. The SMILES string of the molecule is CCCNc1nc(NCC(C)(C)OC)c(Cl)cc1Cl. The molecule has 0 aromatic carbocycles. The van der Waals surface area contributed by atoms with E-state index in [2.05, 4.69) is 22.5 Å². The normalized spacial score (nSPS) is 11.5. The molecule has 0 spiro atoms. The summed E-state index contributed by atoms with van der Waals surface area (Å²) in [4.78, 5) is 4.41. The van der Waals surface area contributed by atoms with Crippen molar-refractivity contribution in [2.24, 2.45) is 0 Å². The lowest BCUT2D eigenvalue weighted by molar-refractivity contribution is 0.0343. The summed E-state index contributed by atoms with van der Waals surface area (Å²) >= 11 is 12.2. The van der Waals surface area contributed by atoms with Gasteiger partial charge in [-0.05, 0) is 26.3 Å². The minimum atomic E-state index is -0.290. The Bertz CT molecular complexity index is 425. The highest BCUT2D eigenvalue weighted by atomic mass is 35.5. The fourth-order valence-electron chi connectivity index (χ4n) is 1.33. The molecule has 0 bridgehead atoms. The lowest BCUT2D eigenvalue weighted by Gasteiger charge is -2.24. The maximum atomic E-state index is 6.13. The first-order valence-corrected chi connectivity index (χ1v) is 7.04. The number of rotatable bonds is 7. The van der Waals surface area contributed by atoms with Gasteiger partial charge in [-0.1, -0.05) is 30.1 Å². The molecule has 1 aromatic heterocycles. The summed E-state index contributed by atoms with van der Waals surface area (Å²) in [7, 11) is 1.67. The van der Waals surface area contributed by atoms with Gasteiger partial charge in [-0.15, -0.1) is 0 Å². The molecule has 19 heavy (non-hydrogen) atoms. The van der Waals surface area contributed by atoms with E-state index in [1.165, 1.54) is 0 Å². The number of pyridine rings is 1. The van der Waals surface area contributed by atoms with Crippen molar-refractivity contribution >= 4 is 34.8 Å². The standard InChI is InChI=1S/C13H21Cl2N3O/c1-5-6-16-11-9(14)7-10(15)12(18-11)17-8-13(2,3)19-4/h7H,5-6,8H2,1-4H3,(H2,16,17,18). The highest BCUT2D eigenvalue weighted by Gasteiger charge is 2.17. The summed E-state index contributed by atoms with van der Waals surface area (Å²) in [6.07, 6.45) is 1.00. The Morgan fingerprint density at radius 1 is 1.21 bits per heavy atom. The van der Waals surface area contributed by atoms with Gasteiger partial charge in [0.2, 0.25) is 0 Å². The van der Waals surface area contributed by atoms with Gasteiger partial charge in [0.25, 0.3) is 0 Å². The smallest absolute Gasteiger partial charge is 0.147 e. The van der Waals surface area contributed by atoms with Crippen LogP contribution in [-0.2, 0) is 4.74 Å². The van der Waals surface area contributed by atoms with Gasteiger partial charge >= 0.3 is 0 Å². The molecule has 0 amide bonds. The highest BCUT2D eigenvalue weighted by Crippen LogP contribution is 2.29. The van der Waals surface area contributed by atoms with Gasteiger partial charge in [0, 0.05) is 20.2 Å². The van der Waals surface area contributed by atoms with Crippen molar-refractivity contribution in [3.63, 3.8) is 0 Å². The second-order valence-corrected chi connectivity index (χ2v) is 5.71. The molecular weight excluding hydrogens is 285 g/mol. The summed E-state index contributed by atoms with van der Waals surface area (Å²) in [6, 6.07) is 1.69. The van der Waals surface area contributed by atoms with Crippen LogP contribution in [0.1, 0.15) is 27.2 Å². The molecular formula is C13H21Cl2N3O. The van der Waals surface area contributed by atoms with Gasteiger partial charge in [0.15, 0.2) is 0 Å². The molecule has 0 radical (unpaired) electrons.